The van der Waals surface area contributed by atoms with Gasteiger partial charge in [0.25, 0.3) is 5.91 Å². The molecule has 0 fully saturated rings. The van der Waals surface area contributed by atoms with E-state index in [1.165, 1.54) is 34.4 Å². The Kier molecular flexibility index (Phi) is 7.87. The first-order valence-corrected chi connectivity index (χ1v) is 9.59. The van der Waals surface area contributed by atoms with Gasteiger partial charge in [-0.05, 0) is 39.3 Å². The third-order valence-electron chi connectivity index (χ3n) is 3.92. The molecule has 1 heterocycles. The van der Waals surface area contributed by atoms with Crippen LogP contribution in [0, 0.1) is 19.7 Å². The third kappa shape index (κ3) is 6.11. The molecular formula is C19H24FN3O3S. The molecule has 0 saturated heterocycles. The average Bonchev–Trinajstić information content (AvgIpc) is 2.94. The molecule has 27 heavy (non-hydrogen) atoms. The number of carbonyl (C=O) groups excluding carboxylic acids is 2. The molecule has 0 radical (unpaired) electrons. The highest BCUT2D eigenvalue weighted by Gasteiger charge is 2.21. The Morgan fingerprint density at radius 2 is 2.04 bits per heavy atom. The molecular weight excluding hydrogens is 369 g/mol. The van der Waals surface area contributed by atoms with Gasteiger partial charge in [0.2, 0.25) is 5.91 Å². The van der Waals surface area contributed by atoms with Crippen molar-refractivity contribution in [3.05, 3.63) is 46.2 Å². The van der Waals surface area contributed by atoms with Crippen LogP contribution in [-0.4, -0.2) is 48.0 Å². The molecule has 0 aliphatic carbocycles. The summed E-state index contributed by atoms with van der Waals surface area (Å²) < 4.78 is 19.3. The number of thiazole rings is 1. The molecule has 0 bridgehead atoms. The summed E-state index contributed by atoms with van der Waals surface area (Å²) >= 11 is 1.37. The van der Waals surface area contributed by atoms with E-state index < -0.39 is 11.7 Å². The third-order valence-corrected chi connectivity index (χ3v) is 4.91. The average molecular weight is 393 g/mol. The molecule has 0 unspecified atom stereocenters. The maximum absolute atomic E-state index is 14.0. The van der Waals surface area contributed by atoms with Gasteiger partial charge in [-0.2, -0.15) is 0 Å². The molecule has 1 N–H and O–H groups in total. The Morgan fingerprint density at radius 1 is 1.30 bits per heavy atom. The second kappa shape index (κ2) is 10.1. The molecule has 0 atom stereocenters. The van der Waals surface area contributed by atoms with Crippen LogP contribution in [0.5, 0.6) is 0 Å². The van der Waals surface area contributed by atoms with Crippen molar-refractivity contribution in [1.82, 2.24) is 9.88 Å². The molecule has 146 valence electrons. The van der Waals surface area contributed by atoms with E-state index in [9.17, 15) is 14.0 Å². The number of anilines is 1. The fourth-order valence-corrected chi connectivity index (χ4v) is 3.25. The summed E-state index contributed by atoms with van der Waals surface area (Å²) in [4.78, 5) is 31.7. The van der Waals surface area contributed by atoms with Gasteiger partial charge in [0.1, 0.15) is 12.4 Å². The molecule has 1 aromatic carbocycles. The van der Waals surface area contributed by atoms with Gasteiger partial charge in [-0.25, -0.2) is 9.37 Å². The summed E-state index contributed by atoms with van der Waals surface area (Å²) in [5.74, 6) is -1.50. The minimum absolute atomic E-state index is 0.0531. The number of amides is 2. The fourth-order valence-electron chi connectivity index (χ4n) is 2.42. The number of nitrogens with zero attached hydrogens (tertiary/aromatic N) is 2. The summed E-state index contributed by atoms with van der Waals surface area (Å²) in [5, 5.41) is 3.19. The predicted octanol–water partition coefficient (Wildman–Crippen LogP) is 3.41. The number of halogens is 1. The van der Waals surface area contributed by atoms with Gasteiger partial charge in [-0.1, -0.05) is 12.1 Å². The van der Waals surface area contributed by atoms with Crippen LogP contribution < -0.4 is 5.32 Å². The van der Waals surface area contributed by atoms with Gasteiger partial charge >= 0.3 is 0 Å². The second-order valence-electron chi connectivity index (χ2n) is 5.97. The van der Waals surface area contributed by atoms with Crippen molar-refractivity contribution in [3.8, 4) is 0 Å². The highest BCUT2D eigenvalue weighted by Crippen LogP contribution is 2.21. The lowest BCUT2D eigenvalue weighted by atomic mass is 10.1. The monoisotopic (exact) mass is 393 g/mol. The lowest BCUT2D eigenvalue weighted by molar-refractivity contribution is -0.117. The van der Waals surface area contributed by atoms with Crippen LogP contribution in [0.3, 0.4) is 0 Å². The summed E-state index contributed by atoms with van der Waals surface area (Å²) in [6.07, 6.45) is 0.552. The number of hydrogen-bond donors (Lipinski definition) is 1. The molecule has 0 saturated carbocycles. The summed E-state index contributed by atoms with van der Waals surface area (Å²) in [6.45, 7) is 6.81. The Bertz CT molecular complexity index is 775. The van der Waals surface area contributed by atoms with Gasteiger partial charge in [-0.3, -0.25) is 9.59 Å². The summed E-state index contributed by atoms with van der Waals surface area (Å²) in [7, 11) is 0. The maximum atomic E-state index is 14.0. The van der Waals surface area contributed by atoms with E-state index in [1.807, 2.05) is 20.8 Å². The number of aryl methyl sites for hydroxylation is 2. The lowest BCUT2D eigenvalue weighted by Crippen LogP contribution is -2.39. The van der Waals surface area contributed by atoms with Crippen LogP contribution in [0.4, 0.5) is 9.52 Å². The van der Waals surface area contributed by atoms with E-state index >= 15 is 0 Å². The van der Waals surface area contributed by atoms with Crippen molar-refractivity contribution >= 4 is 28.3 Å². The number of carbonyl (C=O) groups is 2. The SMILES string of the molecule is CCOCCCN(CC(=O)Nc1nc(C)c(C)s1)C(=O)c1ccccc1F. The van der Waals surface area contributed by atoms with Gasteiger partial charge in [0.05, 0.1) is 11.3 Å². The van der Waals surface area contributed by atoms with E-state index in [1.54, 1.807) is 6.07 Å². The lowest BCUT2D eigenvalue weighted by Gasteiger charge is -2.22. The fraction of sp³-hybridized carbons (Fsp3) is 0.421. The molecule has 1 aromatic heterocycles. The summed E-state index contributed by atoms with van der Waals surface area (Å²) in [5.41, 5.74) is 0.800. The molecule has 6 nitrogen and oxygen atoms in total. The van der Waals surface area contributed by atoms with Crippen LogP contribution in [0.2, 0.25) is 0 Å². The van der Waals surface area contributed by atoms with Crippen molar-refractivity contribution in [3.63, 3.8) is 0 Å². The Hall–Kier alpha value is -2.32. The van der Waals surface area contributed by atoms with Crippen LogP contribution in [0.15, 0.2) is 24.3 Å². The number of hydrogen-bond acceptors (Lipinski definition) is 5. The first kappa shape index (κ1) is 21.0. The molecule has 0 aliphatic rings. The first-order chi connectivity index (χ1) is 12.9. The molecule has 2 amide bonds. The topological polar surface area (TPSA) is 71.5 Å². The van der Waals surface area contributed by atoms with Crippen LogP contribution in [-0.2, 0) is 9.53 Å². The molecule has 0 spiro atoms. The van der Waals surface area contributed by atoms with Gasteiger partial charge in [-0.15, -0.1) is 11.3 Å². The van der Waals surface area contributed by atoms with E-state index in [0.29, 0.717) is 24.8 Å². The minimum Gasteiger partial charge on any atom is -0.382 e. The predicted molar refractivity (Wildman–Crippen MR) is 104 cm³/mol. The Morgan fingerprint density at radius 3 is 2.67 bits per heavy atom. The van der Waals surface area contributed by atoms with Crippen molar-refractivity contribution in [2.45, 2.75) is 27.2 Å². The normalized spacial score (nSPS) is 10.7. The Labute approximate surface area is 162 Å². The van der Waals surface area contributed by atoms with E-state index in [-0.39, 0.29) is 24.6 Å². The van der Waals surface area contributed by atoms with Crippen LogP contribution in [0.25, 0.3) is 0 Å². The Balaban J connectivity index is 2.07. The van der Waals surface area contributed by atoms with Crippen molar-refractivity contribution in [1.29, 1.82) is 0 Å². The highest BCUT2D eigenvalue weighted by atomic mass is 32.1. The van der Waals surface area contributed by atoms with Gasteiger partial charge in [0, 0.05) is 24.6 Å². The van der Waals surface area contributed by atoms with Crippen LogP contribution in [0.1, 0.15) is 34.3 Å². The highest BCUT2D eigenvalue weighted by molar-refractivity contribution is 7.15. The zero-order chi connectivity index (χ0) is 19.8. The number of benzene rings is 1. The second-order valence-corrected chi connectivity index (χ2v) is 7.17. The minimum atomic E-state index is -0.608. The molecule has 2 aromatic rings. The summed E-state index contributed by atoms with van der Waals surface area (Å²) in [6, 6.07) is 5.76. The zero-order valence-corrected chi connectivity index (χ0v) is 16.6. The molecule has 0 aliphatic heterocycles. The number of rotatable bonds is 9. The van der Waals surface area contributed by atoms with E-state index in [0.717, 1.165) is 10.6 Å². The van der Waals surface area contributed by atoms with Crippen molar-refractivity contribution < 1.29 is 18.7 Å². The number of aromatic nitrogens is 1. The largest absolute Gasteiger partial charge is 0.382 e. The first-order valence-electron chi connectivity index (χ1n) is 8.77. The van der Waals surface area contributed by atoms with E-state index in [4.69, 9.17) is 4.74 Å². The van der Waals surface area contributed by atoms with E-state index in [2.05, 4.69) is 10.3 Å². The van der Waals surface area contributed by atoms with Crippen molar-refractivity contribution in [2.75, 3.05) is 31.6 Å². The van der Waals surface area contributed by atoms with Gasteiger partial charge < -0.3 is 15.0 Å². The number of nitrogens with one attached hydrogen (secondary N) is 1. The standard InChI is InChI=1S/C19H24FN3O3S/c1-4-26-11-7-10-23(18(25)15-8-5-6-9-16(15)20)12-17(24)22-19-21-13(2)14(3)27-19/h5-6,8-9H,4,7,10-12H2,1-3H3,(H,21,22,24). The van der Waals surface area contributed by atoms with Gasteiger partial charge in [0.15, 0.2) is 5.13 Å². The molecule has 8 heteroatoms. The zero-order valence-electron chi connectivity index (χ0n) is 15.8. The van der Waals surface area contributed by atoms with Crippen molar-refractivity contribution in [2.24, 2.45) is 0 Å². The molecule has 2 rings (SSSR count). The van der Waals surface area contributed by atoms with Crippen LogP contribution >= 0.6 is 11.3 Å². The maximum Gasteiger partial charge on any atom is 0.257 e. The quantitative estimate of drug-likeness (QED) is 0.663. The number of ether oxygens (including phenoxy) is 1. The smallest absolute Gasteiger partial charge is 0.257 e.